The van der Waals surface area contributed by atoms with Crippen LogP contribution in [-0.2, 0) is 24.7 Å². The lowest BCUT2D eigenvalue weighted by Gasteiger charge is -2.25. The third kappa shape index (κ3) is 4.04. The summed E-state index contributed by atoms with van der Waals surface area (Å²) in [7, 11) is 1.55. The van der Waals surface area contributed by atoms with Crippen molar-refractivity contribution in [3.8, 4) is 0 Å². The van der Waals surface area contributed by atoms with E-state index in [-0.39, 0.29) is 29.1 Å². The molecule has 1 amide bonds. The Morgan fingerprint density at radius 3 is 2.76 bits per heavy atom. The number of alkyl halides is 2. The Labute approximate surface area is 197 Å². The minimum Gasteiger partial charge on any atom is -0.478 e. The lowest BCUT2D eigenvalue weighted by Crippen LogP contribution is -2.21. The molecule has 13 heteroatoms. The van der Waals surface area contributed by atoms with Crippen LogP contribution in [-0.4, -0.2) is 41.5 Å². The fourth-order valence-electron chi connectivity index (χ4n) is 4.44. The number of anilines is 3. The van der Waals surface area contributed by atoms with Gasteiger partial charge in [-0.25, -0.2) is 13.6 Å². The molecule has 0 spiro atoms. The molecular formula is C21H23F2N7O3S. The van der Waals surface area contributed by atoms with E-state index < -0.39 is 12.4 Å². The fourth-order valence-corrected chi connectivity index (χ4v) is 5.68. The zero-order valence-corrected chi connectivity index (χ0v) is 19.3. The number of hydrogen-bond donors (Lipinski definition) is 3. The number of rotatable bonds is 7. The maximum absolute atomic E-state index is 13.0. The van der Waals surface area contributed by atoms with E-state index in [0.29, 0.717) is 47.5 Å². The summed E-state index contributed by atoms with van der Waals surface area (Å²) >= 11 is 1.33. The van der Waals surface area contributed by atoms with E-state index in [2.05, 4.69) is 25.9 Å². The van der Waals surface area contributed by atoms with Gasteiger partial charge in [0.2, 0.25) is 11.9 Å². The van der Waals surface area contributed by atoms with E-state index in [1.807, 2.05) is 6.92 Å². The van der Waals surface area contributed by atoms with Crippen LogP contribution in [0.25, 0.3) is 0 Å². The van der Waals surface area contributed by atoms with Gasteiger partial charge in [0.05, 0.1) is 5.56 Å². The first-order valence-corrected chi connectivity index (χ1v) is 11.7. The molecule has 1 saturated carbocycles. The minimum atomic E-state index is -2.69. The Kier molecular flexibility index (Phi) is 5.58. The lowest BCUT2D eigenvalue weighted by molar-refractivity contribution is -0.117. The van der Waals surface area contributed by atoms with Crippen LogP contribution in [0.4, 0.5) is 25.5 Å². The zero-order valence-electron chi connectivity index (χ0n) is 18.5. The van der Waals surface area contributed by atoms with Gasteiger partial charge in [-0.2, -0.15) is 5.10 Å². The summed E-state index contributed by atoms with van der Waals surface area (Å²) in [6, 6.07) is 1.10. The van der Waals surface area contributed by atoms with Crippen LogP contribution in [0.3, 0.4) is 0 Å². The SMILES string of the molecule is C[C@H]1C[C@@H]1C(=O)Nc1sc2c(c1C(=O)O)C[C@@H](n1cnnc1Nc1cc(C(F)F)nn1C)CC2. The fraction of sp³-hybridized carbons (Fsp3) is 0.476. The first-order valence-electron chi connectivity index (χ1n) is 10.9. The highest BCUT2D eigenvalue weighted by Gasteiger charge is 2.40. The van der Waals surface area contributed by atoms with Crippen molar-refractivity contribution in [3.05, 3.63) is 34.1 Å². The van der Waals surface area contributed by atoms with Crippen molar-refractivity contribution in [1.82, 2.24) is 24.5 Å². The molecule has 0 aromatic carbocycles. The number of amides is 1. The Balaban J connectivity index is 1.39. The topological polar surface area (TPSA) is 127 Å². The van der Waals surface area contributed by atoms with Gasteiger partial charge in [0.1, 0.15) is 22.8 Å². The van der Waals surface area contributed by atoms with Gasteiger partial charge in [0, 0.05) is 30.0 Å². The molecule has 2 aliphatic rings. The highest BCUT2D eigenvalue weighted by Crippen LogP contribution is 2.44. The molecule has 3 aromatic rings. The number of halogens is 2. The van der Waals surface area contributed by atoms with Crippen LogP contribution in [0.2, 0.25) is 0 Å². The molecule has 3 heterocycles. The number of thiophene rings is 1. The minimum absolute atomic E-state index is 0.0585. The van der Waals surface area contributed by atoms with E-state index in [1.165, 1.54) is 28.4 Å². The van der Waals surface area contributed by atoms with Gasteiger partial charge in [0.15, 0.2) is 0 Å². The molecule has 0 aliphatic heterocycles. The number of carbonyl (C=O) groups is 2. The normalized spacial score (nSPS) is 21.4. The van der Waals surface area contributed by atoms with Crippen molar-refractivity contribution in [2.45, 2.75) is 45.1 Å². The molecule has 34 heavy (non-hydrogen) atoms. The van der Waals surface area contributed by atoms with Crippen molar-refractivity contribution in [1.29, 1.82) is 0 Å². The van der Waals surface area contributed by atoms with Crippen LogP contribution in [0.5, 0.6) is 0 Å². The predicted octanol–water partition coefficient (Wildman–Crippen LogP) is 3.78. The number of carboxylic acids is 1. The third-order valence-electron chi connectivity index (χ3n) is 6.46. The summed E-state index contributed by atoms with van der Waals surface area (Å²) in [5, 5.41) is 28.0. The maximum atomic E-state index is 13.0. The van der Waals surface area contributed by atoms with Gasteiger partial charge < -0.3 is 15.7 Å². The van der Waals surface area contributed by atoms with Crippen molar-refractivity contribution in [2.75, 3.05) is 10.6 Å². The number of aryl methyl sites for hydroxylation is 2. The molecule has 3 atom stereocenters. The van der Waals surface area contributed by atoms with E-state index in [9.17, 15) is 23.5 Å². The molecule has 3 N–H and O–H groups in total. The monoisotopic (exact) mass is 491 g/mol. The van der Waals surface area contributed by atoms with Gasteiger partial charge in [0.25, 0.3) is 6.43 Å². The van der Waals surface area contributed by atoms with Crippen LogP contribution in [0, 0.1) is 11.8 Å². The molecule has 0 radical (unpaired) electrons. The molecule has 0 unspecified atom stereocenters. The average molecular weight is 492 g/mol. The van der Waals surface area contributed by atoms with Crippen molar-refractivity contribution in [3.63, 3.8) is 0 Å². The summed E-state index contributed by atoms with van der Waals surface area (Å²) in [5.41, 5.74) is 0.494. The standard InChI is InChI=1S/C21H23F2N7O3S/c1-9-5-11(9)18(31)26-19-16(20(32)33)12-6-10(3-4-14(12)34-19)30-8-24-27-21(30)25-15-7-13(17(22)23)28-29(15)2/h7-11,17H,3-6H2,1-2H3,(H,25,27)(H,26,31)(H,32,33)/t9-,10-,11-/m0/s1. The summed E-state index contributed by atoms with van der Waals surface area (Å²) in [6.45, 7) is 2.00. The van der Waals surface area contributed by atoms with E-state index >= 15 is 0 Å². The number of fused-ring (bicyclic) bond motifs is 1. The Morgan fingerprint density at radius 1 is 1.35 bits per heavy atom. The van der Waals surface area contributed by atoms with Crippen LogP contribution in [0.15, 0.2) is 12.4 Å². The summed E-state index contributed by atoms with van der Waals surface area (Å²) < 4.78 is 29.1. The highest BCUT2D eigenvalue weighted by molar-refractivity contribution is 7.17. The number of nitrogens with one attached hydrogen (secondary N) is 2. The number of aromatic nitrogens is 5. The Hall–Kier alpha value is -3.35. The molecule has 0 saturated heterocycles. The van der Waals surface area contributed by atoms with E-state index in [1.54, 1.807) is 11.6 Å². The van der Waals surface area contributed by atoms with Crippen molar-refractivity contribution in [2.24, 2.45) is 18.9 Å². The van der Waals surface area contributed by atoms with Crippen molar-refractivity contribution >= 4 is 40.0 Å². The molecule has 3 aromatic heterocycles. The number of aromatic carboxylic acids is 1. The third-order valence-corrected chi connectivity index (χ3v) is 7.67. The summed E-state index contributed by atoms with van der Waals surface area (Å²) in [4.78, 5) is 25.5. The molecule has 10 nitrogen and oxygen atoms in total. The molecular weight excluding hydrogens is 468 g/mol. The molecule has 5 rings (SSSR count). The van der Waals surface area contributed by atoms with Crippen molar-refractivity contribution < 1.29 is 23.5 Å². The van der Waals surface area contributed by atoms with Gasteiger partial charge >= 0.3 is 5.97 Å². The second-order valence-electron chi connectivity index (χ2n) is 8.78. The zero-order chi connectivity index (χ0) is 24.1. The molecule has 2 aliphatic carbocycles. The first kappa shape index (κ1) is 22.4. The smallest absolute Gasteiger partial charge is 0.339 e. The lowest BCUT2D eigenvalue weighted by atomic mass is 9.91. The number of nitrogens with zero attached hydrogens (tertiary/aromatic N) is 5. The van der Waals surface area contributed by atoms with Gasteiger partial charge in [-0.15, -0.1) is 21.5 Å². The molecule has 0 bridgehead atoms. The predicted molar refractivity (Wildman–Crippen MR) is 120 cm³/mol. The van der Waals surface area contributed by atoms with Crippen LogP contribution < -0.4 is 10.6 Å². The molecule has 180 valence electrons. The Bertz CT molecular complexity index is 1270. The number of hydrogen-bond acceptors (Lipinski definition) is 7. The summed E-state index contributed by atoms with van der Waals surface area (Å²) in [5.74, 6) is -0.258. The second-order valence-corrected chi connectivity index (χ2v) is 9.89. The molecule has 1 fully saturated rings. The Morgan fingerprint density at radius 2 is 2.12 bits per heavy atom. The summed E-state index contributed by atoms with van der Waals surface area (Å²) in [6.07, 6.45) is 1.43. The van der Waals surface area contributed by atoms with Gasteiger partial charge in [-0.3, -0.25) is 14.0 Å². The highest BCUT2D eigenvalue weighted by atomic mass is 32.1. The quantitative estimate of drug-likeness (QED) is 0.459. The second kappa shape index (κ2) is 8.46. The largest absolute Gasteiger partial charge is 0.478 e. The maximum Gasteiger partial charge on any atom is 0.339 e. The average Bonchev–Trinajstić information content (AvgIpc) is 3.11. The van der Waals surface area contributed by atoms with Gasteiger partial charge in [-0.05, 0) is 37.2 Å². The first-order chi connectivity index (χ1) is 16.2. The van der Waals surface area contributed by atoms with E-state index in [4.69, 9.17) is 0 Å². The number of carbonyl (C=O) groups excluding carboxylic acids is 1. The number of carboxylic acid groups (broad SMARTS) is 1. The van der Waals surface area contributed by atoms with Crippen LogP contribution in [0.1, 0.15) is 58.7 Å². The van der Waals surface area contributed by atoms with E-state index in [0.717, 1.165) is 11.3 Å². The van der Waals surface area contributed by atoms with Gasteiger partial charge in [-0.1, -0.05) is 6.92 Å². The van der Waals surface area contributed by atoms with Crippen LogP contribution >= 0.6 is 11.3 Å².